The van der Waals surface area contributed by atoms with Gasteiger partial charge in [-0.1, -0.05) is 15.9 Å². The van der Waals surface area contributed by atoms with Crippen LogP contribution in [0.1, 0.15) is 14.6 Å². The molecule has 2 heterocycles. The van der Waals surface area contributed by atoms with E-state index < -0.39 is 0 Å². The second kappa shape index (κ2) is 5.16. The normalized spacial score (nSPS) is 12.7. The number of ether oxygens (including phenoxy) is 1. The first-order valence-corrected chi connectivity index (χ1v) is 7.92. The first-order valence-electron chi connectivity index (χ1n) is 4.23. The number of rotatable bonds is 3. The molecule has 80 valence electrons. The molecule has 1 atom stereocenters. The van der Waals surface area contributed by atoms with Gasteiger partial charge in [0.25, 0.3) is 0 Å². The third-order valence-electron chi connectivity index (χ3n) is 1.93. The Bertz CT molecular complexity index is 452. The number of thiophene rings is 2. The standard InChI is InChI=1S/C10H8BrIOS2/c1-13-8-3-2-7(15-8)9(11)10-6(12)4-5-14-10/h2-5,9H,1H3. The van der Waals surface area contributed by atoms with E-state index in [1.807, 2.05) is 6.07 Å². The lowest BCUT2D eigenvalue weighted by Gasteiger charge is -2.05. The van der Waals surface area contributed by atoms with Crippen LogP contribution in [0.2, 0.25) is 0 Å². The van der Waals surface area contributed by atoms with E-state index in [-0.39, 0.29) is 0 Å². The van der Waals surface area contributed by atoms with E-state index in [0.29, 0.717) is 4.83 Å². The van der Waals surface area contributed by atoms with Gasteiger partial charge in [-0.2, -0.15) is 0 Å². The van der Waals surface area contributed by atoms with Crippen molar-refractivity contribution >= 4 is 61.2 Å². The summed E-state index contributed by atoms with van der Waals surface area (Å²) < 4.78 is 6.50. The van der Waals surface area contributed by atoms with Crippen LogP contribution in [-0.2, 0) is 0 Å². The molecule has 0 fully saturated rings. The Kier molecular flexibility index (Phi) is 4.09. The van der Waals surface area contributed by atoms with Crippen molar-refractivity contribution < 1.29 is 4.74 Å². The number of halogens is 2. The summed E-state index contributed by atoms with van der Waals surface area (Å²) >= 11 is 9.56. The molecule has 0 saturated heterocycles. The van der Waals surface area contributed by atoms with Gasteiger partial charge in [0.05, 0.1) is 11.9 Å². The Morgan fingerprint density at radius 3 is 2.73 bits per heavy atom. The molecule has 2 aromatic heterocycles. The number of hydrogen-bond acceptors (Lipinski definition) is 3. The van der Waals surface area contributed by atoms with Crippen molar-refractivity contribution in [2.75, 3.05) is 7.11 Å². The SMILES string of the molecule is COc1ccc(C(Br)c2sccc2I)s1. The number of alkyl halides is 1. The summed E-state index contributed by atoms with van der Waals surface area (Å²) in [6.07, 6.45) is 0. The van der Waals surface area contributed by atoms with Crippen molar-refractivity contribution in [3.05, 3.63) is 36.9 Å². The molecule has 2 rings (SSSR count). The molecule has 0 spiro atoms. The summed E-state index contributed by atoms with van der Waals surface area (Å²) in [5.41, 5.74) is 0. The molecular weight excluding hydrogens is 407 g/mol. The van der Waals surface area contributed by atoms with Crippen LogP contribution in [0.3, 0.4) is 0 Å². The minimum absolute atomic E-state index is 0.290. The van der Waals surface area contributed by atoms with E-state index in [1.165, 1.54) is 13.3 Å². The van der Waals surface area contributed by atoms with E-state index in [2.05, 4.69) is 56.0 Å². The lowest BCUT2D eigenvalue weighted by molar-refractivity contribution is 0.427. The second-order valence-corrected chi connectivity index (χ2v) is 6.96. The average molecular weight is 415 g/mol. The maximum Gasteiger partial charge on any atom is 0.173 e. The van der Waals surface area contributed by atoms with E-state index in [4.69, 9.17) is 4.74 Å². The van der Waals surface area contributed by atoms with Crippen LogP contribution >= 0.6 is 61.2 Å². The van der Waals surface area contributed by atoms with Gasteiger partial charge in [-0.15, -0.1) is 22.7 Å². The zero-order chi connectivity index (χ0) is 10.8. The number of methoxy groups -OCH3 is 1. The van der Waals surface area contributed by atoms with Crippen molar-refractivity contribution in [3.63, 3.8) is 0 Å². The van der Waals surface area contributed by atoms with Gasteiger partial charge in [0.15, 0.2) is 5.06 Å². The quantitative estimate of drug-likeness (QED) is 0.512. The Morgan fingerprint density at radius 1 is 1.40 bits per heavy atom. The third kappa shape index (κ3) is 2.57. The van der Waals surface area contributed by atoms with Crippen LogP contribution in [0.15, 0.2) is 23.6 Å². The van der Waals surface area contributed by atoms with Crippen LogP contribution in [0.5, 0.6) is 5.06 Å². The van der Waals surface area contributed by atoms with Crippen molar-refractivity contribution in [2.45, 2.75) is 4.83 Å². The van der Waals surface area contributed by atoms with Crippen molar-refractivity contribution in [1.82, 2.24) is 0 Å². The van der Waals surface area contributed by atoms with Crippen LogP contribution < -0.4 is 4.74 Å². The molecule has 5 heteroatoms. The first-order chi connectivity index (χ1) is 7.22. The average Bonchev–Trinajstić information content (AvgIpc) is 2.84. The zero-order valence-corrected chi connectivity index (χ0v) is 13.2. The molecule has 0 aromatic carbocycles. The molecule has 0 amide bonds. The largest absolute Gasteiger partial charge is 0.487 e. The summed E-state index contributed by atoms with van der Waals surface area (Å²) in [6, 6.07) is 6.26. The second-order valence-electron chi connectivity index (χ2n) is 2.86. The van der Waals surface area contributed by atoms with Gasteiger partial charge in [0.2, 0.25) is 0 Å². The van der Waals surface area contributed by atoms with Crippen LogP contribution in [0, 0.1) is 3.57 Å². The highest BCUT2D eigenvalue weighted by molar-refractivity contribution is 14.1. The fourth-order valence-electron chi connectivity index (χ4n) is 1.20. The molecule has 1 nitrogen and oxygen atoms in total. The smallest absolute Gasteiger partial charge is 0.173 e. The number of hydrogen-bond donors (Lipinski definition) is 0. The van der Waals surface area contributed by atoms with Gasteiger partial charge in [0, 0.05) is 13.3 Å². The van der Waals surface area contributed by atoms with Crippen LogP contribution in [0.25, 0.3) is 0 Å². The maximum atomic E-state index is 5.19. The van der Waals surface area contributed by atoms with Gasteiger partial charge in [0.1, 0.15) is 0 Å². The summed E-state index contributed by atoms with van der Waals surface area (Å²) in [5, 5.41) is 3.08. The van der Waals surface area contributed by atoms with E-state index >= 15 is 0 Å². The monoisotopic (exact) mass is 414 g/mol. The fourth-order valence-corrected chi connectivity index (χ4v) is 5.41. The van der Waals surface area contributed by atoms with Gasteiger partial charge in [-0.3, -0.25) is 0 Å². The molecule has 0 aliphatic rings. The minimum Gasteiger partial charge on any atom is -0.487 e. The summed E-state index contributed by atoms with van der Waals surface area (Å²) in [4.78, 5) is 2.94. The fraction of sp³-hybridized carbons (Fsp3) is 0.200. The van der Waals surface area contributed by atoms with Gasteiger partial charge in [-0.25, -0.2) is 0 Å². The highest BCUT2D eigenvalue weighted by Gasteiger charge is 2.16. The Balaban J connectivity index is 2.28. The molecule has 0 aliphatic carbocycles. The first kappa shape index (κ1) is 11.9. The van der Waals surface area contributed by atoms with Crippen LogP contribution in [0.4, 0.5) is 0 Å². The molecule has 0 aliphatic heterocycles. The lowest BCUT2D eigenvalue weighted by Crippen LogP contribution is -1.86. The maximum absolute atomic E-state index is 5.19. The molecule has 1 unspecified atom stereocenters. The van der Waals surface area contributed by atoms with Crippen molar-refractivity contribution in [3.8, 4) is 5.06 Å². The molecule has 15 heavy (non-hydrogen) atoms. The molecular formula is C10H8BrIOS2. The predicted octanol–water partition coefficient (Wildman–Crippen LogP) is 4.91. The van der Waals surface area contributed by atoms with Crippen molar-refractivity contribution in [2.24, 2.45) is 0 Å². The Labute approximate surface area is 119 Å². The van der Waals surface area contributed by atoms with Gasteiger partial charge >= 0.3 is 0 Å². The summed E-state index contributed by atoms with van der Waals surface area (Å²) in [6.45, 7) is 0. The van der Waals surface area contributed by atoms with Gasteiger partial charge in [-0.05, 0) is 46.2 Å². The van der Waals surface area contributed by atoms with E-state index in [9.17, 15) is 0 Å². The summed E-state index contributed by atoms with van der Waals surface area (Å²) in [5.74, 6) is 0. The third-order valence-corrected chi connectivity index (χ3v) is 6.89. The lowest BCUT2D eigenvalue weighted by atomic mass is 10.3. The van der Waals surface area contributed by atoms with Gasteiger partial charge < -0.3 is 4.74 Å². The van der Waals surface area contributed by atoms with Crippen molar-refractivity contribution in [1.29, 1.82) is 0 Å². The minimum atomic E-state index is 0.290. The van der Waals surface area contributed by atoms with E-state index in [0.717, 1.165) is 5.06 Å². The topological polar surface area (TPSA) is 9.23 Å². The van der Waals surface area contributed by atoms with E-state index in [1.54, 1.807) is 29.8 Å². The predicted molar refractivity (Wildman–Crippen MR) is 78.7 cm³/mol. The summed E-state index contributed by atoms with van der Waals surface area (Å²) in [7, 11) is 1.70. The molecule has 0 radical (unpaired) electrons. The Hall–Kier alpha value is 0.410. The molecule has 0 saturated carbocycles. The zero-order valence-electron chi connectivity index (χ0n) is 7.87. The molecule has 0 N–H and O–H groups in total. The molecule has 2 aromatic rings. The molecule has 0 bridgehead atoms. The van der Waals surface area contributed by atoms with Crippen LogP contribution in [-0.4, -0.2) is 7.11 Å². The highest BCUT2D eigenvalue weighted by Crippen LogP contribution is 2.41. The Morgan fingerprint density at radius 2 is 2.20 bits per heavy atom. The highest BCUT2D eigenvalue weighted by atomic mass is 127.